The Bertz CT molecular complexity index is 648. The predicted octanol–water partition coefficient (Wildman–Crippen LogP) is 1.24. The van der Waals surface area contributed by atoms with Crippen LogP contribution in [-0.4, -0.2) is 56.7 Å². The minimum Gasteiger partial charge on any atom is -0.483 e. The maximum atomic E-state index is 11.9. The highest BCUT2D eigenvalue weighted by atomic mass is 16.5. The van der Waals surface area contributed by atoms with Gasteiger partial charge in [-0.15, -0.1) is 0 Å². The van der Waals surface area contributed by atoms with Crippen LogP contribution < -0.4 is 15.4 Å². The lowest BCUT2D eigenvalue weighted by atomic mass is 10.1. The number of fused-ring (bicyclic) bond motifs is 1. The first kappa shape index (κ1) is 15.8. The number of amides is 1. The summed E-state index contributed by atoms with van der Waals surface area (Å²) >= 11 is 0. The summed E-state index contributed by atoms with van der Waals surface area (Å²) < 4.78 is 5.69. The van der Waals surface area contributed by atoms with Crippen LogP contribution in [0.4, 0.5) is 0 Å². The van der Waals surface area contributed by atoms with Gasteiger partial charge in [-0.1, -0.05) is 36.4 Å². The van der Waals surface area contributed by atoms with Crippen LogP contribution in [0.3, 0.4) is 0 Å². The molecule has 1 aliphatic rings. The quantitative estimate of drug-likeness (QED) is 0.842. The third kappa shape index (κ3) is 4.43. The molecule has 0 spiro atoms. The van der Waals surface area contributed by atoms with Crippen molar-refractivity contribution in [2.75, 3.05) is 45.9 Å². The van der Waals surface area contributed by atoms with Crippen LogP contribution in [0.25, 0.3) is 10.8 Å². The van der Waals surface area contributed by atoms with Gasteiger partial charge in [-0.05, 0) is 11.5 Å². The highest BCUT2D eigenvalue weighted by Crippen LogP contribution is 2.24. The van der Waals surface area contributed by atoms with Crippen LogP contribution in [0, 0.1) is 0 Å². The van der Waals surface area contributed by atoms with Crippen molar-refractivity contribution < 1.29 is 9.53 Å². The largest absolute Gasteiger partial charge is 0.483 e. The minimum absolute atomic E-state index is 0.0512. The normalized spacial score (nSPS) is 15.5. The van der Waals surface area contributed by atoms with Crippen LogP contribution in [0.15, 0.2) is 42.5 Å². The van der Waals surface area contributed by atoms with Crippen LogP contribution in [0.1, 0.15) is 0 Å². The summed E-state index contributed by atoms with van der Waals surface area (Å²) in [6.45, 7) is 5.75. The van der Waals surface area contributed by atoms with E-state index in [1.165, 1.54) is 0 Å². The second-order valence-corrected chi connectivity index (χ2v) is 5.71. The number of hydrogen-bond donors (Lipinski definition) is 2. The summed E-state index contributed by atoms with van der Waals surface area (Å²) in [7, 11) is 0. The van der Waals surface area contributed by atoms with Gasteiger partial charge in [-0.3, -0.25) is 9.69 Å². The molecule has 0 saturated carbocycles. The van der Waals surface area contributed by atoms with Crippen LogP contribution in [0.5, 0.6) is 5.75 Å². The molecular weight excluding hydrogens is 290 g/mol. The third-order valence-corrected chi connectivity index (χ3v) is 4.07. The van der Waals surface area contributed by atoms with Crippen molar-refractivity contribution in [1.82, 2.24) is 15.5 Å². The average Bonchev–Trinajstić information content (AvgIpc) is 2.61. The molecule has 0 unspecified atom stereocenters. The number of hydrogen-bond acceptors (Lipinski definition) is 4. The average molecular weight is 313 g/mol. The van der Waals surface area contributed by atoms with Crippen LogP contribution in [-0.2, 0) is 4.79 Å². The first-order chi connectivity index (χ1) is 11.3. The van der Waals surface area contributed by atoms with Gasteiger partial charge >= 0.3 is 0 Å². The zero-order valence-electron chi connectivity index (χ0n) is 13.3. The molecule has 1 saturated heterocycles. The van der Waals surface area contributed by atoms with E-state index in [9.17, 15) is 4.79 Å². The van der Waals surface area contributed by atoms with E-state index in [-0.39, 0.29) is 12.5 Å². The Labute approximate surface area is 136 Å². The van der Waals surface area contributed by atoms with Gasteiger partial charge in [0.15, 0.2) is 6.61 Å². The molecule has 0 radical (unpaired) electrons. The smallest absolute Gasteiger partial charge is 0.257 e. The van der Waals surface area contributed by atoms with E-state index in [1.54, 1.807) is 0 Å². The molecule has 1 fully saturated rings. The fourth-order valence-corrected chi connectivity index (χ4v) is 2.80. The molecule has 0 bridgehead atoms. The van der Waals surface area contributed by atoms with Gasteiger partial charge in [0.2, 0.25) is 0 Å². The van der Waals surface area contributed by atoms with Gasteiger partial charge in [0.25, 0.3) is 5.91 Å². The molecule has 2 N–H and O–H groups in total. The Morgan fingerprint density at radius 1 is 1.13 bits per heavy atom. The van der Waals surface area contributed by atoms with E-state index in [1.807, 2.05) is 42.5 Å². The molecule has 1 aliphatic heterocycles. The summed E-state index contributed by atoms with van der Waals surface area (Å²) in [4.78, 5) is 14.3. The second-order valence-electron chi connectivity index (χ2n) is 5.71. The first-order valence-corrected chi connectivity index (χ1v) is 8.13. The molecule has 1 heterocycles. The lowest BCUT2D eigenvalue weighted by Gasteiger charge is -2.27. The van der Waals surface area contributed by atoms with E-state index in [0.717, 1.165) is 49.2 Å². The number of ether oxygens (including phenoxy) is 1. The van der Waals surface area contributed by atoms with E-state index < -0.39 is 0 Å². The standard InChI is InChI=1S/C18H23N3O2/c22-18(20-10-13-21-11-8-19-9-12-21)14-23-17-7-3-5-15-4-1-2-6-16(15)17/h1-7,19H,8-14H2,(H,20,22). The summed E-state index contributed by atoms with van der Waals surface area (Å²) in [5, 5.41) is 8.39. The van der Waals surface area contributed by atoms with Gasteiger partial charge in [-0.25, -0.2) is 0 Å². The highest BCUT2D eigenvalue weighted by molar-refractivity contribution is 5.88. The third-order valence-electron chi connectivity index (χ3n) is 4.07. The van der Waals surface area contributed by atoms with Gasteiger partial charge in [0.05, 0.1) is 0 Å². The van der Waals surface area contributed by atoms with Gasteiger partial charge in [-0.2, -0.15) is 0 Å². The summed E-state index contributed by atoms with van der Waals surface area (Å²) in [5.74, 6) is 0.674. The molecule has 2 aromatic rings. The maximum Gasteiger partial charge on any atom is 0.257 e. The number of nitrogens with zero attached hydrogens (tertiary/aromatic N) is 1. The van der Waals surface area contributed by atoms with Gasteiger partial charge < -0.3 is 15.4 Å². The molecule has 0 aromatic heterocycles. The minimum atomic E-state index is -0.0759. The molecule has 3 rings (SSSR count). The summed E-state index contributed by atoms with van der Waals surface area (Å²) in [6.07, 6.45) is 0. The molecule has 1 amide bonds. The van der Waals surface area contributed by atoms with Crippen molar-refractivity contribution in [3.63, 3.8) is 0 Å². The van der Waals surface area contributed by atoms with E-state index in [2.05, 4.69) is 15.5 Å². The maximum absolute atomic E-state index is 11.9. The molecule has 122 valence electrons. The Morgan fingerprint density at radius 3 is 2.78 bits per heavy atom. The Morgan fingerprint density at radius 2 is 1.91 bits per heavy atom. The molecule has 5 heteroatoms. The SMILES string of the molecule is O=C(COc1cccc2ccccc12)NCCN1CCNCC1. The van der Waals surface area contributed by atoms with Crippen molar-refractivity contribution in [3.05, 3.63) is 42.5 Å². The number of benzene rings is 2. The lowest BCUT2D eigenvalue weighted by Crippen LogP contribution is -2.46. The number of nitrogens with one attached hydrogen (secondary N) is 2. The number of carbonyl (C=O) groups is 1. The molecular formula is C18H23N3O2. The van der Waals surface area contributed by atoms with Crippen molar-refractivity contribution >= 4 is 16.7 Å². The first-order valence-electron chi connectivity index (χ1n) is 8.13. The molecule has 5 nitrogen and oxygen atoms in total. The fourth-order valence-electron chi connectivity index (χ4n) is 2.80. The Kier molecular flexibility index (Phi) is 5.45. The number of carbonyl (C=O) groups excluding carboxylic acids is 1. The Hall–Kier alpha value is -2.11. The number of rotatable bonds is 6. The van der Waals surface area contributed by atoms with Crippen molar-refractivity contribution in [3.8, 4) is 5.75 Å². The van der Waals surface area contributed by atoms with E-state index in [0.29, 0.717) is 6.54 Å². The lowest BCUT2D eigenvalue weighted by molar-refractivity contribution is -0.123. The molecule has 0 aliphatic carbocycles. The molecule has 23 heavy (non-hydrogen) atoms. The molecule has 2 aromatic carbocycles. The zero-order chi connectivity index (χ0) is 15.9. The molecule has 0 atom stereocenters. The fraction of sp³-hybridized carbons (Fsp3) is 0.389. The summed E-state index contributed by atoms with van der Waals surface area (Å²) in [6, 6.07) is 13.9. The van der Waals surface area contributed by atoms with E-state index >= 15 is 0 Å². The van der Waals surface area contributed by atoms with Crippen molar-refractivity contribution in [1.29, 1.82) is 0 Å². The van der Waals surface area contributed by atoms with Crippen LogP contribution in [0.2, 0.25) is 0 Å². The monoisotopic (exact) mass is 313 g/mol. The van der Waals surface area contributed by atoms with Crippen molar-refractivity contribution in [2.24, 2.45) is 0 Å². The van der Waals surface area contributed by atoms with Gasteiger partial charge in [0.1, 0.15) is 5.75 Å². The highest BCUT2D eigenvalue weighted by Gasteiger charge is 2.10. The van der Waals surface area contributed by atoms with Gasteiger partial charge in [0, 0.05) is 44.7 Å². The van der Waals surface area contributed by atoms with E-state index in [4.69, 9.17) is 4.74 Å². The predicted molar refractivity (Wildman–Crippen MR) is 91.8 cm³/mol. The second kappa shape index (κ2) is 7.94. The topological polar surface area (TPSA) is 53.6 Å². The Balaban J connectivity index is 1.45. The van der Waals surface area contributed by atoms with Crippen LogP contribution >= 0.6 is 0 Å². The number of piperazine rings is 1. The summed E-state index contributed by atoms with van der Waals surface area (Å²) in [5.41, 5.74) is 0. The zero-order valence-corrected chi connectivity index (χ0v) is 13.3. The van der Waals surface area contributed by atoms with Crippen molar-refractivity contribution in [2.45, 2.75) is 0 Å².